The molecule has 2 fully saturated rings. The van der Waals surface area contributed by atoms with Crippen LogP contribution in [-0.2, 0) is 23.2 Å². The van der Waals surface area contributed by atoms with Gasteiger partial charge in [-0.05, 0) is 67.3 Å². The van der Waals surface area contributed by atoms with Gasteiger partial charge in [0.2, 0.25) is 0 Å². The Balaban J connectivity index is 1.50. The first-order chi connectivity index (χ1) is 18.0. The fourth-order valence-electron chi connectivity index (χ4n) is 7.44. The van der Waals surface area contributed by atoms with Crippen LogP contribution in [0.25, 0.3) is 0 Å². The number of hydrogen-bond acceptors (Lipinski definition) is 4. The van der Waals surface area contributed by atoms with E-state index in [1.165, 1.54) is 23.8 Å². The molecule has 2 aromatic rings. The van der Waals surface area contributed by atoms with E-state index in [0.29, 0.717) is 19.0 Å². The fraction of sp³-hybridized carbons (Fsp3) is 0.533. The molecule has 198 valence electrons. The molecule has 3 atom stereocenters. The first-order valence-corrected chi connectivity index (χ1v) is 13.7. The highest BCUT2D eigenvalue weighted by Gasteiger charge is 2.55. The van der Waals surface area contributed by atoms with E-state index in [-0.39, 0.29) is 29.5 Å². The standard InChI is InChI=1S/C30H40N4O3/c1-31-28(35)32-27-14-8-13-26(27)30(21-34(29(36)37-2)20-23-11-6-7-12-25(23)30)24-15-17-33(18-16-24)19-22-9-4-3-5-10-22/h3-7,9-12,24,26-27H,8,13-21H2,1-2H3,(H2,31,32,35)/t26-,27-,30?/m0/s1. The van der Waals surface area contributed by atoms with Crippen molar-refractivity contribution in [3.63, 3.8) is 0 Å². The average molecular weight is 505 g/mol. The summed E-state index contributed by atoms with van der Waals surface area (Å²) < 4.78 is 5.24. The van der Waals surface area contributed by atoms with E-state index in [1.807, 2.05) is 4.90 Å². The van der Waals surface area contributed by atoms with Gasteiger partial charge in [0.15, 0.2) is 0 Å². The second-order valence-electron chi connectivity index (χ2n) is 10.9. The van der Waals surface area contributed by atoms with Gasteiger partial charge in [0, 0.05) is 38.1 Å². The SMILES string of the molecule is CNC(=O)N[C@H]1CCC[C@@H]1C1(C2CCN(Cc3ccccc3)CC2)CN(C(=O)OC)Cc2ccccc21. The number of amides is 3. The number of methoxy groups -OCH3 is 1. The van der Waals surface area contributed by atoms with Gasteiger partial charge in [0.05, 0.1) is 7.11 Å². The molecule has 2 aromatic carbocycles. The molecule has 37 heavy (non-hydrogen) atoms. The van der Waals surface area contributed by atoms with E-state index in [1.54, 1.807) is 7.05 Å². The number of hydrogen-bond donors (Lipinski definition) is 2. The minimum Gasteiger partial charge on any atom is -0.453 e. The van der Waals surface area contributed by atoms with E-state index in [0.717, 1.165) is 51.7 Å². The van der Waals surface area contributed by atoms with Crippen LogP contribution in [0.2, 0.25) is 0 Å². The van der Waals surface area contributed by atoms with Gasteiger partial charge in [-0.25, -0.2) is 9.59 Å². The molecule has 1 unspecified atom stereocenters. The predicted molar refractivity (Wildman–Crippen MR) is 144 cm³/mol. The number of nitrogens with zero attached hydrogens (tertiary/aromatic N) is 2. The van der Waals surface area contributed by atoms with Gasteiger partial charge in [-0.2, -0.15) is 0 Å². The lowest BCUT2D eigenvalue weighted by atomic mass is 9.56. The van der Waals surface area contributed by atoms with E-state index in [4.69, 9.17) is 4.74 Å². The van der Waals surface area contributed by atoms with Crippen molar-refractivity contribution in [3.8, 4) is 0 Å². The van der Waals surface area contributed by atoms with E-state index in [2.05, 4.69) is 70.1 Å². The van der Waals surface area contributed by atoms with Crippen molar-refractivity contribution in [3.05, 3.63) is 71.3 Å². The van der Waals surface area contributed by atoms with Crippen molar-refractivity contribution in [2.75, 3.05) is 33.8 Å². The minimum atomic E-state index is -0.269. The zero-order chi connectivity index (χ0) is 25.8. The first-order valence-electron chi connectivity index (χ1n) is 13.7. The lowest BCUT2D eigenvalue weighted by Gasteiger charge is -2.54. The van der Waals surface area contributed by atoms with Crippen molar-refractivity contribution >= 4 is 12.1 Å². The minimum absolute atomic E-state index is 0.0768. The molecule has 7 nitrogen and oxygen atoms in total. The maximum atomic E-state index is 12.9. The molecule has 0 radical (unpaired) electrons. The zero-order valence-corrected chi connectivity index (χ0v) is 22.1. The van der Waals surface area contributed by atoms with Gasteiger partial charge in [-0.3, -0.25) is 4.90 Å². The summed E-state index contributed by atoms with van der Waals surface area (Å²) in [6.45, 7) is 4.23. The third-order valence-corrected chi connectivity index (χ3v) is 9.05. The van der Waals surface area contributed by atoms with Crippen molar-refractivity contribution < 1.29 is 14.3 Å². The van der Waals surface area contributed by atoms with Gasteiger partial charge < -0.3 is 20.3 Å². The first kappa shape index (κ1) is 25.6. The number of rotatable bonds is 5. The Bertz CT molecular complexity index is 1090. The average Bonchev–Trinajstić information content (AvgIpc) is 3.41. The van der Waals surface area contributed by atoms with Crippen LogP contribution in [0.15, 0.2) is 54.6 Å². The Kier molecular flexibility index (Phi) is 7.70. The second kappa shape index (κ2) is 11.1. The number of carbonyl (C=O) groups excluding carboxylic acids is 2. The van der Waals surface area contributed by atoms with Crippen LogP contribution in [0, 0.1) is 11.8 Å². The molecule has 0 bridgehead atoms. The van der Waals surface area contributed by atoms with Crippen molar-refractivity contribution in [1.29, 1.82) is 0 Å². The number of urea groups is 1. The molecular formula is C30H40N4O3. The van der Waals surface area contributed by atoms with Gasteiger partial charge in [0.1, 0.15) is 0 Å². The number of nitrogens with one attached hydrogen (secondary N) is 2. The number of carbonyl (C=O) groups is 2. The Morgan fingerprint density at radius 2 is 1.73 bits per heavy atom. The number of benzene rings is 2. The lowest BCUT2D eigenvalue weighted by Crippen LogP contribution is -2.60. The van der Waals surface area contributed by atoms with E-state index >= 15 is 0 Å². The topological polar surface area (TPSA) is 73.9 Å². The van der Waals surface area contributed by atoms with Crippen molar-refractivity contribution in [2.24, 2.45) is 11.8 Å². The third-order valence-electron chi connectivity index (χ3n) is 9.05. The smallest absolute Gasteiger partial charge is 0.409 e. The number of ether oxygens (including phenoxy) is 1. The summed E-state index contributed by atoms with van der Waals surface area (Å²) in [7, 11) is 3.14. The summed E-state index contributed by atoms with van der Waals surface area (Å²) in [5, 5.41) is 6.03. The normalized spacial score (nSPS) is 26.4. The molecule has 2 aliphatic heterocycles. The maximum Gasteiger partial charge on any atom is 0.409 e. The predicted octanol–water partition coefficient (Wildman–Crippen LogP) is 4.52. The van der Waals surface area contributed by atoms with E-state index in [9.17, 15) is 9.59 Å². The second-order valence-corrected chi connectivity index (χ2v) is 10.9. The Morgan fingerprint density at radius 1 is 1.00 bits per heavy atom. The molecular weight excluding hydrogens is 464 g/mol. The Hall–Kier alpha value is -3.06. The van der Waals surface area contributed by atoms with E-state index < -0.39 is 0 Å². The van der Waals surface area contributed by atoms with Gasteiger partial charge >= 0.3 is 12.1 Å². The highest BCUT2D eigenvalue weighted by Crippen LogP contribution is 2.53. The quantitative estimate of drug-likeness (QED) is 0.628. The third kappa shape index (κ3) is 5.06. The largest absolute Gasteiger partial charge is 0.453 e. The molecule has 3 amide bonds. The summed E-state index contributed by atoms with van der Waals surface area (Å²) in [4.78, 5) is 29.8. The Morgan fingerprint density at radius 3 is 2.46 bits per heavy atom. The number of likely N-dealkylation sites (tertiary alicyclic amines) is 1. The van der Waals surface area contributed by atoms with Crippen LogP contribution >= 0.6 is 0 Å². The van der Waals surface area contributed by atoms with Crippen LogP contribution in [0.5, 0.6) is 0 Å². The lowest BCUT2D eigenvalue weighted by molar-refractivity contribution is 0.0274. The number of piperidine rings is 1. The van der Waals surface area contributed by atoms with Crippen molar-refractivity contribution in [2.45, 2.75) is 56.7 Å². The van der Waals surface area contributed by atoms with Gasteiger partial charge in [0.25, 0.3) is 0 Å². The number of fused-ring (bicyclic) bond motifs is 1. The monoisotopic (exact) mass is 504 g/mol. The molecule has 2 heterocycles. The van der Waals surface area contributed by atoms with Crippen LogP contribution < -0.4 is 10.6 Å². The van der Waals surface area contributed by atoms with Gasteiger partial charge in [-0.1, -0.05) is 61.0 Å². The molecule has 1 saturated heterocycles. The fourth-order valence-corrected chi connectivity index (χ4v) is 7.44. The van der Waals surface area contributed by atoms with Crippen molar-refractivity contribution in [1.82, 2.24) is 20.4 Å². The molecule has 1 aliphatic carbocycles. The van der Waals surface area contributed by atoms with Crippen LogP contribution in [0.1, 0.15) is 48.8 Å². The molecule has 1 saturated carbocycles. The summed E-state index contributed by atoms with van der Waals surface area (Å²) in [6, 6.07) is 19.3. The highest BCUT2D eigenvalue weighted by atomic mass is 16.5. The molecule has 7 heteroatoms. The summed E-state index contributed by atoms with van der Waals surface area (Å²) >= 11 is 0. The van der Waals surface area contributed by atoms with Crippen LogP contribution in [0.3, 0.4) is 0 Å². The molecule has 3 aliphatic rings. The summed E-state index contributed by atoms with van der Waals surface area (Å²) in [6.07, 6.45) is 4.96. The molecule has 0 aromatic heterocycles. The van der Waals surface area contributed by atoms with Crippen LogP contribution in [-0.4, -0.2) is 61.8 Å². The van der Waals surface area contributed by atoms with Crippen LogP contribution in [0.4, 0.5) is 9.59 Å². The molecule has 2 N–H and O–H groups in total. The molecule has 5 rings (SSSR count). The summed E-state index contributed by atoms with van der Waals surface area (Å²) in [5.41, 5.74) is 3.69. The summed E-state index contributed by atoms with van der Waals surface area (Å²) in [5.74, 6) is 0.661. The Labute approximate surface area is 220 Å². The van der Waals surface area contributed by atoms with Gasteiger partial charge in [-0.15, -0.1) is 0 Å². The highest BCUT2D eigenvalue weighted by molar-refractivity contribution is 5.74. The maximum absolute atomic E-state index is 12.9. The molecule has 0 spiro atoms. The zero-order valence-electron chi connectivity index (χ0n) is 22.1.